The van der Waals surface area contributed by atoms with Crippen LogP contribution >= 0.6 is 0 Å². The molecule has 1 unspecified atom stereocenters. The molecule has 1 atom stereocenters. The summed E-state index contributed by atoms with van der Waals surface area (Å²) in [4.78, 5) is 24.2. The zero-order valence-corrected chi connectivity index (χ0v) is 17.7. The van der Waals surface area contributed by atoms with E-state index in [0.717, 1.165) is 16.1 Å². The van der Waals surface area contributed by atoms with Crippen molar-refractivity contribution in [2.24, 2.45) is 0 Å². The van der Waals surface area contributed by atoms with Crippen molar-refractivity contribution in [1.29, 1.82) is 0 Å². The number of anilines is 2. The molecule has 8 nitrogen and oxygen atoms in total. The van der Waals surface area contributed by atoms with E-state index >= 15 is 0 Å². The third-order valence-corrected chi connectivity index (χ3v) is 5.50. The molecule has 1 N–H and O–H groups in total. The minimum Gasteiger partial charge on any atom is -0.481 e. The Morgan fingerprint density at radius 2 is 1.72 bits per heavy atom. The normalized spacial score (nSPS) is 12.0. The summed E-state index contributed by atoms with van der Waals surface area (Å²) in [5.74, 6) is -0.477. The molecule has 0 bridgehead atoms. The first-order chi connectivity index (χ1) is 13.5. The van der Waals surface area contributed by atoms with Gasteiger partial charge < -0.3 is 14.8 Å². The number of hydrogen-bond donors (Lipinski definition) is 1. The monoisotopic (exact) mass is 420 g/mol. The van der Waals surface area contributed by atoms with Crippen molar-refractivity contribution in [3.8, 4) is 5.75 Å². The van der Waals surface area contributed by atoms with Crippen LogP contribution in [0.1, 0.15) is 22.8 Å². The number of ether oxygens (including phenoxy) is 2. The Labute approximate surface area is 170 Å². The molecule has 156 valence electrons. The van der Waals surface area contributed by atoms with Crippen LogP contribution in [-0.4, -0.2) is 46.8 Å². The number of methoxy groups -OCH3 is 1. The third kappa shape index (κ3) is 5.71. The van der Waals surface area contributed by atoms with Gasteiger partial charge in [0.15, 0.2) is 6.10 Å². The van der Waals surface area contributed by atoms with Gasteiger partial charge in [-0.2, -0.15) is 0 Å². The molecule has 0 saturated heterocycles. The minimum absolute atomic E-state index is 0.326. The van der Waals surface area contributed by atoms with Crippen molar-refractivity contribution in [3.05, 3.63) is 53.6 Å². The summed E-state index contributed by atoms with van der Waals surface area (Å²) in [6, 6.07) is 11.2. The molecular weight excluding hydrogens is 396 g/mol. The van der Waals surface area contributed by atoms with E-state index in [1.807, 2.05) is 0 Å². The molecule has 0 saturated carbocycles. The molecule has 0 aliphatic rings. The summed E-state index contributed by atoms with van der Waals surface area (Å²) in [5.41, 5.74) is 2.07. The second-order valence-corrected chi connectivity index (χ2v) is 8.51. The first-order valence-electron chi connectivity index (χ1n) is 8.73. The second kappa shape index (κ2) is 8.95. The lowest BCUT2D eigenvalue weighted by Crippen LogP contribution is -2.30. The Hall–Kier alpha value is -3.07. The maximum Gasteiger partial charge on any atom is 0.337 e. The standard InChI is InChI=1S/C20H24N2O6S/c1-13-6-7-15(20(24)27-4)12-18(13)21-19(23)14(2)28-17-10-8-16(9-11-17)22(3)29(5,25)26/h6-12,14H,1-5H3,(H,21,23). The summed E-state index contributed by atoms with van der Waals surface area (Å²) in [6.07, 6.45) is 0.288. The van der Waals surface area contributed by atoms with Crippen LogP contribution in [0.4, 0.5) is 11.4 Å². The van der Waals surface area contributed by atoms with Gasteiger partial charge in [-0.25, -0.2) is 13.2 Å². The van der Waals surface area contributed by atoms with E-state index in [2.05, 4.69) is 5.32 Å². The lowest BCUT2D eigenvalue weighted by atomic mass is 10.1. The predicted molar refractivity (Wildman–Crippen MR) is 111 cm³/mol. The first-order valence-corrected chi connectivity index (χ1v) is 10.6. The SMILES string of the molecule is COC(=O)c1ccc(C)c(NC(=O)C(C)Oc2ccc(N(C)S(C)(=O)=O)cc2)c1. The van der Waals surface area contributed by atoms with Gasteiger partial charge in [-0.3, -0.25) is 9.10 Å². The molecule has 0 aliphatic carbocycles. The van der Waals surface area contributed by atoms with Crippen molar-refractivity contribution in [2.45, 2.75) is 20.0 Å². The van der Waals surface area contributed by atoms with Crippen LogP contribution in [0.5, 0.6) is 5.75 Å². The molecular formula is C20H24N2O6S. The van der Waals surface area contributed by atoms with Crippen molar-refractivity contribution in [1.82, 2.24) is 0 Å². The topological polar surface area (TPSA) is 102 Å². The Kier molecular flexibility index (Phi) is 6.86. The van der Waals surface area contributed by atoms with Gasteiger partial charge in [-0.05, 0) is 55.8 Å². The van der Waals surface area contributed by atoms with Gasteiger partial charge in [0.1, 0.15) is 5.75 Å². The van der Waals surface area contributed by atoms with Crippen LogP contribution in [0, 0.1) is 6.92 Å². The molecule has 29 heavy (non-hydrogen) atoms. The lowest BCUT2D eigenvalue weighted by molar-refractivity contribution is -0.122. The summed E-state index contributed by atoms with van der Waals surface area (Å²) in [6.45, 7) is 3.39. The molecule has 0 aliphatic heterocycles. The van der Waals surface area contributed by atoms with Gasteiger partial charge in [0.25, 0.3) is 5.91 Å². The molecule has 0 spiro atoms. The maximum atomic E-state index is 12.5. The van der Waals surface area contributed by atoms with E-state index in [4.69, 9.17) is 9.47 Å². The van der Waals surface area contributed by atoms with Gasteiger partial charge >= 0.3 is 5.97 Å². The number of amides is 1. The zero-order chi connectivity index (χ0) is 21.8. The summed E-state index contributed by atoms with van der Waals surface area (Å²) in [7, 11) is -0.623. The first kappa shape index (κ1) is 22.2. The average Bonchev–Trinajstić information content (AvgIpc) is 2.68. The van der Waals surface area contributed by atoms with Crippen LogP contribution in [0.15, 0.2) is 42.5 Å². The van der Waals surface area contributed by atoms with E-state index in [1.165, 1.54) is 14.2 Å². The number of nitrogens with zero attached hydrogens (tertiary/aromatic N) is 1. The summed E-state index contributed by atoms with van der Waals surface area (Å²) < 4.78 is 34.6. The van der Waals surface area contributed by atoms with Crippen LogP contribution in [0.3, 0.4) is 0 Å². The highest BCUT2D eigenvalue weighted by Crippen LogP contribution is 2.22. The van der Waals surface area contributed by atoms with Crippen LogP contribution < -0.4 is 14.4 Å². The molecule has 1 amide bonds. The van der Waals surface area contributed by atoms with Crippen molar-refractivity contribution in [2.75, 3.05) is 30.0 Å². The fraction of sp³-hybridized carbons (Fsp3) is 0.300. The van der Waals surface area contributed by atoms with Gasteiger partial charge in [0, 0.05) is 12.7 Å². The number of benzene rings is 2. The number of hydrogen-bond acceptors (Lipinski definition) is 6. The fourth-order valence-corrected chi connectivity index (χ4v) is 2.92. The lowest BCUT2D eigenvalue weighted by Gasteiger charge is -2.18. The van der Waals surface area contributed by atoms with Crippen LogP contribution in [0.2, 0.25) is 0 Å². The molecule has 2 aromatic rings. The molecule has 0 aromatic heterocycles. The smallest absolute Gasteiger partial charge is 0.337 e. The van der Waals surface area contributed by atoms with E-state index in [0.29, 0.717) is 22.7 Å². The molecule has 2 aromatic carbocycles. The minimum atomic E-state index is -3.36. The molecule has 9 heteroatoms. The Bertz CT molecular complexity index is 1000. The third-order valence-electron chi connectivity index (χ3n) is 4.30. The quantitative estimate of drug-likeness (QED) is 0.691. The molecule has 2 rings (SSSR count). The summed E-state index contributed by atoms with van der Waals surface area (Å²) in [5, 5.41) is 2.74. The van der Waals surface area contributed by atoms with E-state index in [9.17, 15) is 18.0 Å². The van der Waals surface area contributed by atoms with Crippen molar-refractivity contribution < 1.29 is 27.5 Å². The Morgan fingerprint density at radius 1 is 1.10 bits per heavy atom. The number of nitrogens with one attached hydrogen (secondary N) is 1. The highest BCUT2D eigenvalue weighted by atomic mass is 32.2. The molecule has 0 heterocycles. The van der Waals surface area contributed by atoms with E-state index in [-0.39, 0.29) is 0 Å². The number of rotatable bonds is 7. The number of carbonyl (C=O) groups is 2. The van der Waals surface area contributed by atoms with Gasteiger partial charge in [0.05, 0.1) is 24.6 Å². The molecule has 0 radical (unpaired) electrons. The van der Waals surface area contributed by atoms with Gasteiger partial charge in [0.2, 0.25) is 10.0 Å². The second-order valence-electron chi connectivity index (χ2n) is 6.50. The van der Waals surface area contributed by atoms with Crippen LogP contribution in [0.25, 0.3) is 0 Å². The zero-order valence-electron chi connectivity index (χ0n) is 16.9. The van der Waals surface area contributed by atoms with Crippen LogP contribution in [-0.2, 0) is 19.6 Å². The Morgan fingerprint density at radius 3 is 2.28 bits per heavy atom. The average molecular weight is 420 g/mol. The summed E-state index contributed by atoms with van der Waals surface area (Å²) >= 11 is 0. The fourth-order valence-electron chi connectivity index (χ4n) is 2.42. The van der Waals surface area contributed by atoms with Crippen molar-refractivity contribution in [3.63, 3.8) is 0 Å². The number of esters is 1. The highest BCUT2D eigenvalue weighted by Gasteiger charge is 2.18. The predicted octanol–water partition coefficient (Wildman–Crippen LogP) is 2.58. The number of sulfonamides is 1. The highest BCUT2D eigenvalue weighted by molar-refractivity contribution is 7.92. The number of carbonyl (C=O) groups excluding carboxylic acids is 2. The van der Waals surface area contributed by atoms with E-state index in [1.54, 1.807) is 56.3 Å². The van der Waals surface area contributed by atoms with E-state index < -0.39 is 28.0 Å². The molecule has 0 fully saturated rings. The van der Waals surface area contributed by atoms with Gasteiger partial charge in [-0.1, -0.05) is 6.07 Å². The largest absolute Gasteiger partial charge is 0.481 e. The van der Waals surface area contributed by atoms with Crippen molar-refractivity contribution >= 4 is 33.3 Å². The number of aryl methyl sites for hydroxylation is 1. The van der Waals surface area contributed by atoms with Gasteiger partial charge in [-0.15, -0.1) is 0 Å². The maximum absolute atomic E-state index is 12.5. The Balaban J connectivity index is 2.07.